The number of Topliss-reactive ketones (excluding diaryl/α,β-unsaturated/α-hetero) is 1. The number of likely N-dealkylation sites (tertiary alicyclic amines) is 1. The molecule has 31 heavy (non-hydrogen) atoms. The van der Waals surface area contributed by atoms with Gasteiger partial charge in [0.25, 0.3) is 17.5 Å². The maximum absolute atomic E-state index is 13.5. The molecule has 2 atom stereocenters. The Balaban J connectivity index is 1.88. The maximum atomic E-state index is 13.5. The quantitative estimate of drug-likeness (QED) is 0.507. The van der Waals surface area contributed by atoms with E-state index in [4.69, 9.17) is 4.74 Å². The molecule has 2 aliphatic heterocycles. The van der Waals surface area contributed by atoms with Gasteiger partial charge < -0.3 is 25.0 Å². The lowest BCUT2D eigenvalue weighted by Gasteiger charge is -2.45. The van der Waals surface area contributed by atoms with Crippen LogP contribution < -0.4 is 0 Å². The molecule has 7 nitrogen and oxygen atoms in total. The van der Waals surface area contributed by atoms with Crippen molar-refractivity contribution in [2.75, 3.05) is 6.54 Å². The zero-order valence-electron chi connectivity index (χ0n) is 16.8. The SMILES string of the molecule is CC(C)CN1C(=O)C(=O)C2=C(c3ccc(F)cc3)O[C@]3(O)c4ccccc4C(O)(O)[C@]213. The van der Waals surface area contributed by atoms with E-state index in [0.29, 0.717) is 0 Å². The first-order valence-corrected chi connectivity index (χ1v) is 9.90. The molecule has 0 radical (unpaired) electrons. The number of carbonyl (C=O) groups is 2. The summed E-state index contributed by atoms with van der Waals surface area (Å²) in [5.74, 6) is -8.12. The predicted molar refractivity (Wildman–Crippen MR) is 105 cm³/mol. The Bertz CT molecular complexity index is 1170. The molecule has 1 aliphatic carbocycles. The minimum absolute atomic E-state index is 0.0332. The van der Waals surface area contributed by atoms with Gasteiger partial charge in [-0.15, -0.1) is 0 Å². The van der Waals surface area contributed by atoms with Crippen molar-refractivity contribution >= 4 is 17.4 Å². The van der Waals surface area contributed by atoms with Crippen molar-refractivity contribution in [1.82, 2.24) is 4.90 Å². The van der Waals surface area contributed by atoms with Crippen LogP contribution in [0.2, 0.25) is 0 Å². The molecule has 3 N–H and O–H groups in total. The first kappa shape index (κ1) is 19.9. The Kier molecular flexibility index (Phi) is 3.85. The first-order valence-electron chi connectivity index (χ1n) is 9.90. The number of halogens is 1. The highest BCUT2D eigenvalue weighted by molar-refractivity contribution is 6.48. The van der Waals surface area contributed by atoms with Crippen LogP contribution in [0.15, 0.2) is 54.1 Å². The van der Waals surface area contributed by atoms with Gasteiger partial charge in [0.05, 0.1) is 5.57 Å². The van der Waals surface area contributed by atoms with Crippen LogP contribution in [0.25, 0.3) is 5.76 Å². The van der Waals surface area contributed by atoms with Crippen molar-refractivity contribution in [2.24, 2.45) is 5.92 Å². The summed E-state index contributed by atoms with van der Waals surface area (Å²) in [4.78, 5) is 27.3. The Morgan fingerprint density at radius 2 is 1.61 bits per heavy atom. The highest BCUT2D eigenvalue weighted by atomic mass is 19.1. The van der Waals surface area contributed by atoms with E-state index in [1.54, 1.807) is 26.0 Å². The van der Waals surface area contributed by atoms with Crippen LogP contribution in [-0.2, 0) is 25.9 Å². The second-order valence-corrected chi connectivity index (χ2v) is 8.52. The lowest BCUT2D eigenvalue weighted by Crippen LogP contribution is -2.66. The molecule has 1 saturated heterocycles. The maximum Gasteiger partial charge on any atom is 0.296 e. The second kappa shape index (κ2) is 6.00. The number of nitrogens with zero attached hydrogens (tertiary/aromatic N) is 1. The molecule has 8 heteroatoms. The van der Waals surface area contributed by atoms with Crippen LogP contribution >= 0.6 is 0 Å². The third-order valence-electron chi connectivity index (χ3n) is 6.23. The molecule has 2 heterocycles. The molecule has 0 unspecified atom stereocenters. The molecule has 160 valence electrons. The summed E-state index contributed by atoms with van der Waals surface area (Å²) < 4.78 is 19.4. The lowest BCUT2D eigenvalue weighted by molar-refractivity contribution is -0.312. The summed E-state index contributed by atoms with van der Waals surface area (Å²) in [7, 11) is 0. The molecular weight excluding hydrogens is 405 g/mol. The zero-order valence-corrected chi connectivity index (χ0v) is 16.8. The molecule has 1 fully saturated rings. The molecule has 5 rings (SSSR count). The van der Waals surface area contributed by atoms with E-state index in [1.165, 1.54) is 24.3 Å². The van der Waals surface area contributed by atoms with Crippen molar-refractivity contribution in [3.63, 3.8) is 0 Å². The highest BCUT2D eigenvalue weighted by Crippen LogP contribution is 2.67. The van der Waals surface area contributed by atoms with Gasteiger partial charge in [0.15, 0.2) is 0 Å². The minimum Gasteiger partial charge on any atom is -0.454 e. The van der Waals surface area contributed by atoms with Crippen molar-refractivity contribution in [1.29, 1.82) is 0 Å². The smallest absolute Gasteiger partial charge is 0.296 e. The Morgan fingerprint density at radius 1 is 1.00 bits per heavy atom. The summed E-state index contributed by atoms with van der Waals surface area (Å²) in [6.45, 7) is 3.56. The summed E-state index contributed by atoms with van der Waals surface area (Å²) in [5.41, 5.74) is -2.48. The van der Waals surface area contributed by atoms with Gasteiger partial charge in [0.2, 0.25) is 11.3 Å². The number of benzene rings is 2. The first-order chi connectivity index (χ1) is 14.6. The molecular formula is C23H20FNO6. The number of rotatable bonds is 3. The summed E-state index contributed by atoms with van der Waals surface area (Å²) in [5, 5.41) is 34.8. The Hall–Kier alpha value is -3.07. The zero-order chi connectivity index (χ0) is 22.3. The molecule has 2 aromatic rings. The average Bonchev–Trinajstić information content (AvgIpc) is 3.19. The van der Waals surface area contributed by atoms with Gasteiger partial charge in [-0.25, -0.2) is 4.39 Å². The van der Waals surface area contributed by atoms with Crippen LogP contribution in [0.4, 0.5) is 4.39 Å². The molecule has 0 bridgehead atoms. The van der Waals surface area contributed by atoms with Crippen LogP contribution in [0.3, 0.4) is 0 Å². The third kappa shape index (κ3) is 2.12. The van der Waals surface area contributed by atoms with Gasteiger partial charge in [-0.2, -0.15) is 0 Å². The van der Waals surface area contributed by atoms with Crippen molar-refractivity contribution in [3.05, 3.63) is 76.6 Å². The fourth-order valence-electron chi connectivity index (χ4n) is 5.09. The Morgan fingerprint density at radius 3 is 2.23 bits per heavy atom. The van der Waals surface area contributed by atoms with E-state index in [9.17, 15) is 29.3 Å². The van der Waals surface area contributed by atoms with E-state index >= 15 is 0 Å². The fraction of sp³-hybridized carbons (Fsp3) is 0.304. The topological polar surface area (TPSA) is 107 Å². The van der Waals surface area contributed by atoms with Crippen LogP contribution in [0, 0.1) is 11.7 Å². The standard InChI is InChI=1S/C23H20FNO6/c1-12(2)11-25-20(27)18(26)17-19(13-7-9-14(24)10-8-13)31-23(30)16-6-4-3-5-15(16)22(28,29)21(17,23)25/h3-10,12,28-30H,11H2,1-2H3/t21-,23+/m0/s1. The number of carbonyl (C=O) groups excluding carboxylic acids is 2. The van der Waals surface area contributed by atoms with E-state index in [-0.39, 0.29) is 40.5 Å². The second-order valence-electron chi connectivity index (χ2n) is 8.52. The average molecular weight is 425 g/mol. The third-order valence-corrected chi connectivity index (χ3v) is 6.23. The number of aliphatic hydroxyl groups is 3. The van der Waals surface area contributed by atoms with Crippen molar-refractivity contribution in [2.45, 2.75) is 31.0 Å². The normalized spacial score (nSPS) is 28.2. The molecule has 0 aromatic heterocycles. The number of ether oxygens (including phenoxy) is 1. The van der Waals surface area contributed by atoms with E-state index < -0.39 is 34.6 Å². The number of fused-ring (bicyclic) bond motifs is 2. The highest BCUT2D eigenvalue weighted by Gasteiger charge is 2.85. The van der Waals surface area contributed by atoms with Crippen LogP contribution in [-0.4, -0.2) is 44.0 Å². The number of ketones is 1. The molecule has 0 saturated carbocycles. The lowest BCUT2D eigenvalue weighted by atomic mass is 9.78. The van der Waals surface area contributed by atoms with E-state index in [2.05, 4.69) is 0 Å². The molecule has 3 aliphatic rings. The van der Waals surface area contributed by atoms with E-state index in [0.717, 1.165) is 17.0 Å². The van der Waals surface area contributed by atoms with Crippen LogP contribution in [0.5, 0.6) is 0 Å². The molecule has 2 aromatic carbocycles. The summed E-state index contributed by atoms with van der Waals surface area (Å²) in [6, 6.07) is 10.9. The van der Waals surface area contributed by atoms with Gasteiger partial charge in [-0.05, 0) is 30.2 Å². The molecule has 1 amide bonds. The monoisotopic (exact) mass is 425 g/mol. The number of hydrogen-bond acceptors (Lipinski definition) is 6. The van der Waals surface area contributed by atoms with Gasteiger partial charge in [0, 0.05) is 23.2 Å². The van der Waals surface area contributed by atoms with Crippen molar-refractivity contribution in [3.8, 4) is 0 Å². The number of hydrogen-bond donors (Lipinski definition) is 3. The van der Waals surface area contributed by atoms with Gasteiger partial charge >= 0.3 is 0 Å². The molecule has 1 spiro atoms. The summed E-state index contributed by atoms with van der Waals surface area (Å²) in [6.07, 6.45) is 0. The predicted octanol–water partition coefficient (Wildman–Crippen LogP) is 1.37. The van der Waals surface area contributed by atoms with Crippen molar-refractivity contribution < 1.29 is 34.0 Å². The Labute approximate surface area is 177 Å². The minimum atomic E-state index is -2.83. The fourth-order valence-corrected chi connectivity index (χ4v) is 5.09. The summed E-state index contributed by atoms with van der Waals surface area (Å²) >= 11 is 0. The van der Waals surface area contributed by atoms with Crippen LogP contribution in [0.1, 0.15) is 30.5 Å². The van der Waals surface area contributed by atoms with E-state index in [1.807, 2.05) is 0 Å². The van der Waals surface area contributed by atoms with Gasteiger partial charge in [-0.3, -0.25) is 9.59 Å². The largest absolute Gasteiger partial charge is 0.454 e. The van der Waals surface area contributed by atoms with Gasteiger partial charge in [0.1, 0.15) is 11.6 Å². The van der Waals surface area contributed by atoms with Gasteiger partial charge in [-0.1, -0.05) is 38.1 Å². The number of amides is 1.